The van der Waals surface area contributed by atoms with E-state index in [4.69, 9.17) is 4.74 Å². The van der Waals surface area contributed by atoms with Crippen LogP contribution >= 0.6 is 15.9 Å². The van der Waals surface area contributed by atoms with Gasteiger partial charge in [0.2, 0.25) is 10.0 Å². The molecule has 158 valence electrons. The quantitative estimate of drug-likeness (QED) is 0.623. The van der Waals surface area contributed by atoms with E-state index in [0.29, 0.717) is 17.6 Å². The van der Waals surface area contributed by atoms with Crippen molar-refractivity contribution < 1.29 is 21.6 Å². The fourth-order valence-corrected chi connectivity index (χ4v) is 7.44. The van der Waals surface area contributed by atoms with E-state index in [1.807, 2.05) is 13.8 Å². The van der Waals surface area contributed by atoms with Crippen LogP contribution < -0.4 is 0 Å². The highest BCUT2D eigenvalue weighted by Gasteiger charge is 2.38. The molecule has 0 amide bonds. The van der Waals surface area contributed by atoms with Crippen LogP contribution in [0.25, 0.3) is 0 Å². The summed E-state index contributed by atoms with van der Waals surface area (Å²) >= 11 is 3.29. The van der Waals surface area contributed by atoms with Gasteiger partial charge < -0.3 is 4.74 Å². The van der Waals surface area contributed by atoms with Crippen molar-refractivity contribution >= 4 is 35.8 Å². The molecule has 0 aromatic heterocycles. The van der Waals surface area contributed by atoms with Crippen LogP contribution in [0.1, 0.15) is 26.7 Å². The van der Waals surface area contributed by atoms with Gasteiger partial charge in [-0.15, -0.1) is 0 Å². The van der Waals surface area contributed by atoms with Gasteiger partial charge >= 0.3 is 0 Å². The van der Waals surface area contributed by atoms with Gasteiger partial charge in [0.15, 0.2) is 9.84 Å². The maximum absolute atomic E-state index is 13.4. The summed E-state index contributed by atoms with van der Waals surface area (Å²) in [5.41, 5.74) is 0. The predicted octanol–water partition coefficient (Wildman–Crippen LogP) is 2.11. The van der Waals surface area contributed by atoms with E-state index in [1.165, 1.54) is 22.5 Å². The molecule has 2 aliphatic rings. The van der Waals surface area contributed by atoms with Crippen molar-refractivity contribution in [1.82, 2.24) is 9.21 Å². The van der Waals surface area contributed by atoms with E-state index >= 15 is 0 Å². The van der Waals surface area contributed by atoms with Crippen LogP contribution in [-0.2, 0) is 24.6 Å². The van der Waals surface area contributed by atoms with Crippen LogP contribution in [0.4, 0.5) is 0 Å². The molecular weight excluding hydrogens is 468 g/mol. The molecule has 0 spiro atoms. The second-order valence-electron chi connectivity index (χ2n) is 7.75. The van der Waals surface area contributed by atoms with Crippen molar-refractivity contribution in [2.75, 3.05) is 32.4 Å². The zero-order valence-corrected chi connectivity index (χ0v) is 19.6. The molecule has 1 aromatic rings. The molecule has 0 aliphatic carbocycles. The van der Waals surface area contributed by atoms with E-state index in [0.717, 1.165) is 32.2 Å². The monoisotopic (exact) mass is 494 g/mol. The molecule has 0 saturated carbocycles. The lowest BCUT2D eigenvalue weighted by atomic mass is 10.1. The number of hydrogen-bond donors (Lipinski definition) is 0. The molecule has 2 fully saturated rings. The van der Waals surface area contributed by atoms with Gasteiger partial charge in [0.1, 0.15) is 0 Å². The lowest BCUT2D eigenvalue weighted by Crippen LogP contribution is -2.50. The fraction of sp³-hybridized carbons (Fsp3) is 0.667. The summed E-state index contributed by atoms with van der Waals surface area (Å²) in [6, 6.07) is 4.02. The Hall–Kier alpha value is -0.520. The smallest absolute Gasteiger partial charge is 0.244 e. The zero-order valence-electron chi connectivity index (χ0n) is 16.3. The van der Waals surface area contributed by atoms with E-state index in [1.54, 1.807) is 0 Å². The number of sulfone groups is 1. The topological polar surface area (TPSA) is 84.0 Å². The van der Waals surface area contributed by atoms with Crippen LogP contribution in [0.5, 0.6) is 0 Å². The third-order valence-corrected chi connectivity index (χ3v) is 9.26. The normalized spacial score (nSPS) is 27.9. The first-order valence-corrected chi connectivity index (χ1v) is 13.5. The van der Waals surface area contributed by atoms with Crippen LogP contribution in [0.3, 0.4) is 0 Å². The van der Waals surface area contributed by atoms with Crippen LogP contribution in [0, 0.1) is 0 Å². The number of halogens is 1. The van der Waals surface area contributed by atoms with Gasteiger partial charge in [0.05, 0.1) is 22.0 Å². The Labute approximate surface area is 176 Å². The van der Waals surface area contributed by atoms with Crippen molar-refractivity contribution in [1.29, 1.82) is 0 Å². The highest BCUT2D eigenvalue weighted by Crippen LogP contribution is 2.32. The van der Waals surface area contributed by atoms with E-state index in [9.17, 15) is 16.8 Å². The minimum Gasteiger partial charge on any atom is -0.373 e. The summed E-state index contributed by atoms with van der Waals surface area (Å²) < 4.78 is 58.2. The van der Waals surface area contributed by atoms with Crippen molar-refractivity contribution in [3.63, 3.8) is 0 Å². The second kappa shape index (κ2) is 8.31. The van der Waals surface area contributed by atoms with Gasteiger partial charge in [-0.25, -0.2) is 16.8 Å². The Morgan fingerprint density at radius 1 is 1.14 bits per heavy atom. The molecule has 3 rings (SSSR count). The van der Waals surface area contributed by atoms with Gasteiger partial charge in [-0.2, -0.15) is 4.31 Å². The molecule has 1 aromatic carbocycles. The summed E-state index contributed by atoms with van der Waals surface area (Å²) in [5.74, 6) is 0. The maximum Gasteiger partial charge on any atom is 0.244 e. The fourth-order valence-electron chi connectivity index (χ4n) is 4.08. The Kier molecular flexibility index (Phi) is 6.58. The number of rotatable bonds is 5. The van der Waals surface area contributed by atoms with Crippen molar-refractivity contribution in [3.8, 4) is 0 Å². The van der Waals surface area contributed by atoms with Gasteiger partial charge in [0, 0.05) is 42.9 Å². The molecule has 10 heteroatoms. The number of nitrogens with zero attached hydrogens (tertiary/aromatic N) is 2. The minimum absolute atomic E-state index is 0.000788. The zero-order chi connectivity index (χ0) is 20.7. The number of benzene rings is 1. The highest BCUT2D eigenvalue weighted by molar-refractivity contribution is 9.10. The van der Waals surface area contributed by atoms with Crippen molar-refractivity contribution in [2.24, 2.45) is 0 Å². The molecule has 0 N–H and O–H groups in total. The Morgan fingerprint density at radius 2 is 1.79 bits per heavy atom. The molecule has 2 saturated heterocycles. The molecule has 0 bridgehead atoms. The molecule has 0 radical (unpaired) electrons. The Balaban J connectivity index is 1.87. The van der Waals surface area contributed by atoms with Crippen LogP contribution in [-0.4, -0.2) is 76.7 Å². The standard InChI is InChI=1S/C18H27BrN2O5S2/c1-13-10-20(11-14(2)26-13)12-15-5-4-8-21(15)28(24,25)18-9-16(27(3,22)23)6-7-17(18)19/h6-7,9,13-15H,4-5,8,10-12H2,1-3H3/t13-,14-,15+/m1/s1. The molecule has 7 nitrogen and oxygen atoms in total. The predicted molar refractivity (Wildman–Crippen MR) is 111 cm³/mol. The average Bonchev–Trinajstić information content (AvgIpc) is 3.02. The number of morpholine rings is 1. The van der Waals surface area contributed by atoms with Crippen molar-refractivity contribution in [2.45, 2.75) is 54.7 Å². The average molecular weight is 495 g/mol. The molecular formula is C18H27BrN2O5S2. The summed E-state index contributed by atoms with van der Waals surface area (Å²) in [6.45, 7) is 6.71. The van der Waals surface area contributed by atoms with Gasteiger partial charge in [-0.1, -0.05) is 0 Å². The maximum atomic E-state index is 13.4. The first kappa shape index (κ1) is 22.2. The third kappa shape index (κ3) is 4.79. The van der Waals surface area contributed by atoms with Crippen LogP contribution in [0.2, 0.25) is 0 Å². The number of sulfonamides is 1. The first-order chi connectivity index (χ1) is 13.0. The minimum atomic E-state index is -3.82. The molecule has 2 aliphatic heterocycles. The SMILES string of the molecule is C[C@@H]1CN(C[C@@H]2CCCN2S(=O)(=O)c2cc(S(C)(=O)=O)ccc2Br)C[C@@H](C)O1. The second-order valence-corrected chi connectivity index (χ2v) is 12.5. The Morgan fingerprint density at radius 3 is 2.39 bits per heavy atom. The highest BCUT2D eigenvalue weighted by atomic mass is 79.9. The molecule has 2 heterocycles. The van der Waals surface area contributed by atoms with Gasteiger partial charge in [0.25, 0.3) is 0 Å². The van der Waals surface area contributed by atoms with Crippen LogP contribution in [0.15, 0.2) is 32.5 Å². The number of hydrogen-bond acceptors (Lipinski definition) is 6. The third-order valence-electron chi connectivity index (χ3n) is 5.20. The number of ether oxygens (including phenoxy) is 1. The lowest BCUT2D eigenvalue weighted by molar-refractivity contribution is -0.0707. The van der Waals surface area contributed by atoms with Crippen molar-refractivity contribution in [3.05, 3.63) is 22.7 Å². The molecule has 3 atom stereocenters. The lowest BCUT2D eigenvalue weighted by Gasteiger charge is -2.38. The summed E-state index contributed by atoms with van der Waals surface area (Å²) in [5, 5.41) is 0. The van der Waals surface area contributed by atoms with E-state index in [-0.39, 0.29) is 28.0 Å². The van der Waals surface area contributed by atoms with Gasteiger partial charge in [-0.3, -0.25) is 4.90 Å². The van der Waals surface area contributed by atoms with Gasteiger partial charge in [-0.05, 0) is 60.8 Å². The van der Waals surface area contributed by atoms with E-state index < -0.39 is 19.9 Å². The molecule has 28 heavy (non-hydrogen) atoms. The Bertz CT molecular complexity index is 925. The van der Waals surface area contributed by atoms with E-state index in [2.05, 4.69) is 20.8 Å². The first-order valence-electron chi connectivity index (χ1n) is 9.37. The largest absolute Gasteiger partial charge is 0.373 e. The summed E-state index contributed by atoms with van der Waals surface area (Å²) in [7, 11) is -7.32. The summed E-state index contributed by atoms with van der Waals surface area (Å²) in [6.07, 6.45) is 2.91. The molecule has 0 unspecified atom stereocenters. The summed E-state index contributed by atoms with van der Waals surface area (Å²) in [4.78, 5) is 2.27.